The van der Waals surface area contributed by atoms with Gasteiger partial charge in [-0.1, -0.05) is 54.6 Å². The van der Waals surface area contributed by atoms with Crippen molar-refractivity contribution in [3.63, 3.8) is 0 Å². The van der Waals surface area contributed by atoms with Crippen molar-refractivity contribution in [1.29, 1.82) is 0 Å². The van der Waals surface area contributed by atoms with Gasteiger partial charge in [0.05, 0.1) is 12.1 Å². The van der Waals surface area contributed by atoms with Crippen LogP contribution in [0.4, 0.5) is 0 Å². The van der Waals surface area contributed by atoms with Gasteiger partial charge in [0, 0.05) is 25.9 Å². The molecule has 1 aliphatic carbocycles. The molecule has 132 valence electrons. The molecule has 0 fully saturated rings. The molecule has 0 saturated carbocycles. The van der Waals surface area contributed by atoms with Gasteiger partial charge in [-0.05, 0) is 16.7 Å². The number of rotatable bonds is 6. The second-order valence-electron chi connectivity index (χ2n) is 6.59. The molecule has 0 unspecified atom stereocenters. The Morgan fingerprint density at radius 3 is 2.52 bits per heavy atom. The van der Waals surface area contributed by atoms with Crippen LogP contribution in [-0.2, 0) is 17.6 Å². The van der Waals surface area contributed by atoms with Crippen LogP contribution in [0, 0.1) is 0 Å². The monoisotopic (exact) mass is 341 g/mol. The summed E-state index contributed by atoms with van der Waals surface area (Å²) >= 11 is 0. The van der Waals surface area contributed by atoms with Gasteiger partial charge < -0.3 is 20.6 Å². The van der Waals surface area contributed by atoms with Crippen molar-refractivity contribution in [2.45, 2.75) is 37.0 Å². The highest BCUT2D eigenvalue weighted by molar-refractivity contribution is 5.86. The van der Waals surface area contributed by atoms with Crippen LogP contribution in [0.3, 0.4) is 0 Å². The Labute approximate surface area is 146 Å². The van der Waals surface area contributed by atoms with E-state index in [1.54, 1.807) is 0 Å². The lowest BCUT2D eigenvalue weighted by Gasteiger charge is -2.29. The molecule has 3 atom stereocenters. The molecule has 0 spiro atoms. The van der Waals surface area contributed by atoms with Crippen LogP contribution < -0.4 is 5.32 Å². The van der Waals surface area contributed by atoms with Crippen LogP contribution in [-0.4, -0.2) is 39.5 Å². The Balaban J connectivity index is 1.79. The largest absolute Gasteiger partial charge is 0.396 e. The molecule has 25 heavy (non-hydrogen) atoms. The first-order valence-electron chi connectivity index (χ1n) is 8.47. The number of hydrogen-bond acceptors (Lipinski definition) is 4. The summed E-state index contributed by atoms with van der Waals surface area (Å²) in [6.45, 7) is -0.305. The third kappa shape index (κ3) is 3.74. The zero-order valence-corrected chi connectivity index (χ0v) is 13.9. The Bertz CT molecular complexity index is 733. The number of fused-ring (bicyclic) bond motifs is 1. The first kappa shape index (κ1) is 17.6. The third-order valence-electron chi connectivity index (χ3n) is 4.78. The standard InChI is InChI=1S/C20H23NO4/c22-11-10-20(25,13-14-6-2-1-3-7-14)19(24)21-18-16-9-5-4-8-15(16)12-17(18)23/h1-9,17-18,22-23,25H,10-13H2,(H,21,24)/t17-,18+,20+/m1/s1. The third-order valence-corrected chi connectivity index (χ3v) is 4.78. The van der Waals surface area contributed by atoms with Crippen LogP contribution in [0.25, 0.3) is 0 Å². The quantitative estimate of drug-likeness (QED) is 0.634. The molecule has 2 aromatic rings. The fraction of sp³-hybridized carbons (Fsp3) is 0.350. The maximum atomic E-state index is 12.8. The minimum atomic E-state index is -1.73. The fourth-order valence-corrected chi connectivity index (χ4v) is 3.42. The van der Waals surface area contributed by atoms with Gasteiger partial charge in [-0.25, -0.2) is 0 Å². The summed E-state index contributed by atoms with van der Waals surface area (Å²) in [5.41, 5.74) is 0.942. The number of aliphatic hydroxyl groups excluding tert-OH is 2. The fourth-order valence-electron chi connectivity index (χ4n) is 3.42. The first-order chi connectivity index (χ1) is 12.0. The van der Waals surface area contributed by atoms with E-state index >= 15 is 0 Å². The maximum Gasteiger partial charge on any atom is 0.252 e. The molecule has 2 aromatic carbocycles. The number of nitrogens with one attached hydrogen (secondary N) is 1. The second-order valence-corrected chi connectivity index (χ2v) is 6.59. The number of carbonyl (C=O) groups excluding carboxylic acids is 1. The number of benzene rings is 2. The molecule has 5 nitrogen and oxygen atoms in total. The van der Waals surface area contributed by atoms with E-state index in [9.17, 15) is 20.1 Å². The predicted octanol–water partition coefficient (Wildman–Crippen LogP) is 1.12. The highest BCUT2D eigenvalue weighted by Crippen LogP contribution is 2.32. The zero-order valence-electron chi connectivity index (χ0n) is 13.9. The van der Waals surface area contributed by atoms with Gasteiger partial charge in [-0.2, -0.15) is 0 Å². The van der Waals surface area contributed by atoms with Gasteiger partial charge in [0.15, 0.2) is 0 Å². The van der Waals surface area contributed by atoms with Crippen molar-refractivity contribution >= 4 is 5.91 Å². The zero-order chi connectivity index (χ0) is 17.9. The van der Waals surface area contributed by atoms with Crippen LogP contribution >= 0.6 is 0 Å². The summed E-state index contributed by atoms with van der Waals surface area (Å²) in [6, 6.07) is 16.2. The van der Waals surface area contributed by atoms with Crippen molar-refractivity contribution in [2.75, 3.05) is 6.61 Å². The molecule has 0 aromatic heterocycles. The minimum Gasteiger partial charge on any atom is -0.396 e. The van der Waals surface area contributed by atoms with E-state index < -0.39 is 23.7 Å². The van der Waals surface area contributed by atoms with E-state index in [0.717, 1.165) is 16.7 Å². The SMILES string of the molecule is O=C(N[C@H]1c2ccccc2C[C@H]1O)[C@](O)(CCO)Cc1ccccc1. The van der Waals surface area contributed by atoms with Gasteiger partial charge in [0.1, 0.15) is 5.60 Å². The summed E-state index contributed by atoms with van der Waals surface area (Å²) in [5.74, 6) is -0.578. The van der Waals surface area contributed by atoms with Crippen LogP contribution in [0.2, 0.25) is 0 Å². The minimum absolute atomic E-state index is 0.0712. The highest BCUT2D eigenvalue weighted by atomic mass is 16.3. The lowest BCUT2D eigenvalue weighted by Crippen LogP contribution is -2.51. The first-order valence-corrected chi connectivity index (χ1v) is 8.47. The van der Waals surface area contributed by atoms with E-state index in [-0.39, 0.29) is 19.4 Å². The summed E-state index contributed by atoms with van der Waals surface area (Å²) in [4.78, 5) is 12.8. The maximum absolute atomic E-state index is 12.8. The van der Waals surface area contributed by atoms with E-state index in [0.29, 0.717) is 6.42 Å². The normalized spacial score (nSPS) is 21.4. The molecule has 1 aliphatic rings. The van der Waals surface area contributed by atoms with Gasteiger partial charge >= 0.3 is 0 Å². The Morgan fingerprint density at radius 2 is 1.80 bits per heavy atom. The Hall–Kier alpha value is -2.21. The number of carbonyl (C=O) groups is 1. The highest BCUT2D eigenvalue weighted by Gasteiger charge is 2.40. The van der Waals surface area contributed by atoms with E-state index in [1.165, 1.54) is 0 Å². The number of aliphatic hydroxyl groups is 3. The summed E-state index contributed by atoms with van der Waals surface area (Å²) in [7, 11) is 0. The average Bonchev–Trinajstić information content (AvgIpc) is 2.91. The van der Waals surface area contributed by atoms with Gasteiger partial charge in [-0.3, -0.25) is 4.79 Å². The molecule has 0 radical (unpaired) electrons. The van der Waals surface area contributed by atoms with Gasteiger partial charge in [-0.15, -0.1) is 0 Å². The molecule has 3 rings (SSSR count). The van der Waals surface area contributed by atoms with Gasteiger partial charge in [0.25, 0.3) is 5.91 Å². The molecule has 0 heterocycles. The van der Waals surface area contributed by atoms with Crippen LogP contribution in [0.1, 0.15) is 29.2 Å². The number of hydrogen-bond donors (Lipinski definition) is 4. The molecule has 4 N–H and O–H groups in total. The molecular formula is C20H23NO4. The second kappa shape index (κ2) is 7.35. The molecule has 0 bridgehead atoms. The summed E-state index contributed by atoms with van der Waals surface area (Å²) in [5, 5.41) is 33.3. The Kier molecular flexibility index (Phi) is 5.18. The van der Waals surface area contributed by atoms with Crippen molar-refractivity contribution in [1.82, 2.24) is 5.32 Å². The Morgan fingerprint density at radius 1 is 1.12 bits per heavy atom. The molecule has 1 amide bonds. The smallest absolute Gasteiger partial charge is 0.252 e. The predicted molar refractivity (Wildman–Crippen MR) is 93.8 cm³/mol. The van der Waals surface area contributed by atoms with E-state index in [1.807, 2.05) is 54.6 Å². The van der Waals surface area contributed by atoms with Crippen molar-refractivity contribution in [3.05, 3.63) is 71.3 Å². The topological polar surface area (TPSA) is 89.8 Å². The number of amides is 1. The van der Waals surface area contributed by atoms with Crippen molar-refractivity contribution in [2.24, 2.45) is 0 Å². The molecule has 5 heteroatoms. The molecule has 0 aliphatic heterocycles. The molecule has 0 saturated heterocycles. The lowest BCUT2D eigenvalue weighted by molar-refractivity contribution is -0.143. The van der Waals surface area contributed by atoms with E-state index in [4.69, 9.17) is 0 Å². The van der Waals surface area contributed by atoms with Crippen molar-refractivity contribution in [3.8, 4) is 0 Å². The van der Waals surface area contributed by atoms with Crippen molar-refractivity contribution < 1.29 is 20.1 Å². The van der Waals surface area contributed by atoms with Crippen LogP contribution in [0.5, 0.6) is 0 Å². The van der Waals surface area contributed by atoms with Gasteiger partial charge in [0.2, 0.25) is 0 Å². The summed E-state index contributed by atoms with van der Waals surface area (Å²) in [6.07, 6.45) is -0.224. The summed E-state index contributed by atoms with van der Waals surface area (Å²) < 4.78 is 0. The van der Waals surface area contributed by atoms with Crippen LogP contribution in [0.15, 0.2) is 54.6 Å². The lowest BCUT2D eigenvalue weighted by atomic mass is 9.90. The molecular weight excluding hydrogens is 318 g/mol. The average molecular weight is 341 g/mol. The van der Waals surface area contributed by atoms with E-state index in [2.05, 4.69) is 5.32 Å².